The molecule has 0 fully saturated rings. The topological polar surface area (TPSA) is 48.1 Å². The lowest BCUT2D eigenvalue weighted by Crippen LogP contribution is -2.04. The van der Waals surface area contributed by atoms with E-state index in [-0.39, 0.29) is 0 Å². The third-order valence-electron chi connectivity index (χ3n) is 3.24. The minimum absolute atomic E-state index is 0.552. The van der Waals surface area contributed by atoms with Crippen LogP contribution in [0.1, 0.15) is 5.56 Å². The van der Waals surface area contributed by atoms with Gasteiger partial charge in [0.15, 0.2) is 0 Å². The summed E-state index contributed by atoms with van der Waals surface area (Å²) in [5, 5.41) is 1.77. The maximum Gasteiger partial charge on any atom is 0.130 e. The van der Waals surface area contributed by atoms with Gasteiger partial charge in [-0.05, 0) is 54.9 Å². The molecule has 0 spiro atoms. The van der Waals surface area contributed by atoms with Crippen molar-refractivity contribution in [3.63, 3.8) is 0 Å². The molecule has 3 aromatic rings. The first-order valence-corrected chi connectivity index (χ1v) is 7.15. The highest BCUT2D eigenvalue weighted by atomic mass is 35.5. The predicted molar refractivity (Wildman–Crippen MR) is 86.0 cm³/mol. The molecule has 1 heterocycles. The minimum Gasteiger partial charge on any atom is -0.457 e. The molecule has 4 heteroatoms. The lowest BCUT2D eigenvalue weighted by Gasteiger charge is -2.11. The molecule has 0 saturated carbocycles. The zero-order valence-electron chi connectivity index (χ0n) is 11.4. The highest BCUT2D eigenvalue weighted by Gasteiger charge is 2.06. The van der Waals surface area contributed by atoms with Crippen molar-refractivity contribution in [2.75, 3.05) is 6.54 Å². The Morgan fingerprint density at radius 2 is 2.00 bits per heavy atom. The Morgan fingerprint density at radius 1 is 1.10 bits per heavy atom. The fourth-order valence-corrected chi connectivity index (χ4v) is 2.43. The summed E-state index contributed by atoms with van der Waals surface area (Å²) in [6.07, 6.45) is 2.50. The molecule has 0 aliphatic rings. The van der Waals surface area contributed by atoms with E-state index in [0.29, 0.717) is 11.6 Å². The molecule has 0 bridgehead atoms. The molecule has 21 heavy (non-hydrogen) atoms. The summed E-state index contributed by atoms with van der Waals surface area (Å²) in [7, 11) is 0. The van der Waals surface area contributed by atoms with Crippen LogP contribution in [0, 0.1) is 0 Å². The van der Waals surface area contributed by atoms with Gasteiger partial charge in [-0.2, -0.15) is 0 Å². The van der Waals surface area contributed by atoms with Crippen LogP contribution in [0.3, 0.4) is 0 Å². The molecule has 2 aromatic carbocycles. The van der Waals surface area contributed by atoms with E-state index in [2.05, 4.69) is 4.98 Å². The van der Waals surface area contributed by atoms with Crippen molar-refractivity contribution in [2.45, 2.75) is 6.42 Å². The first kappa shape index (κ1) is 13.9. The third-order valence-corrected chi connectivity index (χ3v) is 3.48. The smallest absolute Gasteiger partial charge is 0.130 e. The van der Waals surface area contributed by atoms with Crippen LogP contribution in [-0.2, 0) is 6.42 Å². The zero-order valence-corrected chi connectivity index (χ0v) is 12.2. The summed E-state index contributed by atoms with van der Waals surface area (Å²) in [6.45, 7) is 0.552. The van der Waals surface area contributed by atoms with Gasteiger partial charge in [-0.3, -0.25) is 4.98 Å². The fraction of sp³-hybridized carbons (Fsp3) is 0.118. The van der Waals surface area contributed by atoms with Gasteiger partial charge in [0.1, 0.15) is 11.5 Å². The molecule has 1 aromatic heterocycles. The van der Waals surface area contributed by atoms with E-state index in [1.165, 1.54) is 0 Å². The molecule has 0 saturated heterocycles. The van der Waals surface area contributed by atoms with Crippen LogP contribution in [0.2, 0.25) is 5.02 Å². The van der Waals surface area contributed by atoms with E-state index in [4.69, 9.17) is 22.1 Å². The Morgan fingerprint density at radius 3 is 2.86 bits per heavy atom. The first-order valence-electron chi connectivity index (χ1n) is 6.77. The Bertz CT molecular complexity index is 774. The van der Waals surface area contributed by atoms with Crippen molar-refractivity contribution in [2.24, 2.45) is 5.73 Å². The van der Waals surface area contributed by atoms with Gasteiger partial charge in [0.2, 0.25) is 0 Å². The number of hydrogen-bond acceptors (Lipinski definition) is 3. The number of halogens is 1. The molecule has 0 amide bonds. The molecular weight excluding hydrogens is 284 g/mol. The van der Waals surface area contributed by atoms with Gasteiger partial charge < -0.3 is 10.5 Å². The van der Waals surface area contributed by atoms with E-state index in [1.54, 1.807) is 6.20 Å². The van der Waals surface area contributed by atoms with Crippen molar-refractivity contribution in [1.29, 1.82) is 0 Å². The molecule has 3 nitrogen and oxygen atoms in total. The van der Waals surface area contributed by atoms with Gasteiger partial charge in [-0.1, -0.05) is 17.7 Å². The monoisotopic (exact) mass is 298 g/mol. The number of aromatic nitrogens is 1. The summed E-state index contributed by atoms with van der Waals surface area (Å²) in [6, 6.07) is 15.4. The van der Waals surface area contributed by atoms with E-state index >= 15 is 0 Å². The van der Waals surface area contributed by atoms with Gasteiger partial charge in [-0.15, -0.1) is 0 Å². The average molecular weight is 299 g/mol. The molecule has 0 radical (unpaired) electrons. The van der Waals surface area contributed by atoms with Gasteiger partial charge in [-0.25, -0.2) is 0 Å². The molecule has 0 atom stereocenters. The zero-order chi connectivity index (χ0) is 14.7. The third kappa shape index (κ3) is 3.15. The number of nitrogens with two attached hydrogens (primary N) is 1. The van der Waals surface area contributed by atoms with Gasteiger partial charge in [0, 0.05) is 22.7 Å². The van der Waals surface area contributed by atoms with Crippen LogP contribution in [0.5, 0.6) is 11.5 Å². The number of benzene rings is 2. The number of pyridine rings is 1. The number of fused-ring (bicyclic) bond motifs is 1. The predicted octanol–water partition coefficient (Wildman–Crippen LogP) is 4.18. The van der Waals surface area contributed by atoms with E-state index in [9.17, 15) is 0 Å². The summed E-state index contributed by atoms with van der Waals surface area (Å²) in [5.74, 6) is 1.53. The lowest BCUT2D eigenvalue weighted by atomic mass is 10.1. The van der Waals surface area contributed by atoms with E-state index in [1.807, 2.05) is 48.5 Å². The molecule has 0 aliphatic carbocycles. The lowest BCUT2D eigenvalue weighted by molar-refractivity contribution is 0.477. The van der Waals surface area contributed by atoms with Crippen molar-refractivity contribution in [3.05, 3.63) is 65.3 Å². The Kier molecular flexibility index (Phi) is 4.04. The van der Waals surface area contributed by atoms with Gasteiger partial charge >= 0.3 is 0 Å². The highest BCUT2D eigenvalue weighted by Crippen LogP contribution is 2.29. The van der Waals surface area contributed by atoms with Crippen LogP contribution >= 0.6 is 11.6 Å². The Balaban J connectivity index is 1.94. The normalized spacial score (nSPS) is 10.8. The van der Waals surface area contributed by atoms with Crippen LogP contribution in [0.4, 0.5) is 0 Å². The van der Waals surface area contributed by atoms with Crippen molar-refractivity contribution in [3.8, 4) is 11.5 Å². The minimum atomic E-state index is 0.552. The quantitative estimate of drug-likeness (QED) is 0.786. The number of ether oxygens (including phenoxy) is 1. The summed E-state index contributed by atoms with van der Waals surface area (Å²) in [5.41, 5.74) is 7.55. The number of rotatable bonds is 4. The van der Waals surface area contributed by atoms with Gasteiger partial charge in [0.25, 0.3) is 0 Å². The molecule has 2 N–H and O–H groups in total. The summed E-state index contributed by atoms with van der Waals surface area (Å²) in [4.78, 5) is 4.34. The highest BCUT2D eigenvalue weighted by molar-refractivity contribution is 6.30. The van der Waals surface area contributed by atoms with Gasteiger partial charge in [0.05, 0.1) is 5.52 Å². The average Bonchev–Trinajstić information content (AvgIpc) is 2.50. The van der Waals surface area contributed by atoms with Crippen LogP contribution in [-0.4, -0.2) is 11.5 Å². The summed E-state index contributed by atoms with van der Waals surface area (Å²) < 4.78 is 5.97. The van der Waals surface area contributed by atoms with Crippen molar-refractivity contribution < 1.29 is 4.74 Å². The summed E-state index contributed by atoms with van der Waals surface area (Å²) >= 11 is 6.03. The maximum atomic E-state index is 6.03. The molecule has 0 unspecified atom stereocenters. The molecule has 106 valence electrons. The maximum absolute atomic E-state index is 6.03. The number of nitrogens with zero attached hydrogens (tertiary/aromatic N) is 1. The SMILES string of the molecule is NCCc1cc(Cl)ccc1Oc1ccc2cccnc2c1. The fourth-order valence-electron chi connectivity index (χ4n) is 2.24. The largest absolute Gasteiger partial charge is 0.457 e. The molecule has 0 aliphatic heterocycles. The van der Waals surface area contributed by atoms with Crippen molar-refractivity contribution >= 4 is 22.5 Å². The Hall–Kier alpha value is -2.10. The second-order valence-corrected chi connectivity index (χ2v) is 5.19. The second kappa shape index (κ2) is 6.12. The Labute approximate surface area is 128 Å². The van der Waals surface area contributed by atoms with Crippen LogP contribution in [0.15, 0.2) is 54.7 Å². The van der Waals surface area contributed by atoms with E-state index < -0.39 is 0 Å². The molecular formula is C17H15ClN2O. The van der Waals surface area contributed by atoms with Crippen molar-refractivity contribution in [1.82, 2.24) is 4.98 Å². The standard InChI is InChI=1S/C17H15ClN2O/c18-14-4-6-17(13(10-14)7-8-19)21-15-5-3-12-2-1-9-20-16(12)11-15/h1-6,9-11H,7-8,19H2. The molecule has 3 rings (SSSR count). The van der Waals surface area contributed by atoms with Crippen LogP contribution in [0.25, 0.3) is 10.9 Å². The number of hydrogen-bond donors (Lipinski definition) is 1. The first-order chi connectivity index (χ1) is 10.3. The van der Waals surface area contributed by atoms with Crippen LogP contribution < -0.4 is 10.5 Å². The second-order valence-electron chi connectivity index (χ2n) is 4.75. The van der Waals surface area contributed by atoms with E-state index in [0.717, 1.165) is 34.4 Å².